The van der Waals surface area contributed by atoms with Crippen molar-refractivity contribution in [3.8, 4) is 0 Å². The Labute approximate surface area is 125 Å². The molecule has 0 fully saturated rings. The van der Waals surface area contributed by atoms with Gasteiger partial charge in [-0.15, -0.1) is 0 Å². The maximum atomic E-state index is 11.8. The molecule has 0 saturated carbocycles. The van der Waals surface area contributed by atoms with Gasteiger partial charge in [0.15, 0.2) is 6.61 Å². The van der Waals surface area contributed by atoms with Gasteiger partial charge in [-0.05, 0) is 34.5 Å². The van der Waals surface area contributed by atoms with Gasteiger partial charge in [0.05, 0.1) is 10.0 Å². The average molecular weight is 345 g/mol. The van der Waals surface area contributed by atoms with E-state index in [1.54, 1.807) is 25.3 Å². The van der Waals surface area contributed by atoms with Crippen LogP contribution in [0.15, 0.2) is 22.7 Å². The van der Waals surface area contributed by atoms with Gasteiger partial charge in [-0.1, -0.05) is 6.07 Å². The van der Waals surface area contributed by atoms with E-state index in [1.807, 2.05) is 0 Å². The Morgan fingerprint density at radius 3 is 2.85 bits per heavy atom. The van der Waals surface area contributed by atoms with Gasteiger partial charge in [-0.25, -0.2) is 4.79 Å². The number of hydrogen-bond donors (Lipinski definition) is 2. The number of esters is 1. The van der Waals surface area contributed by atoms with Gasteiger partial charge in [0.25, 0.3) is 5.91 Å². The van der Waals surface area contributed by atoms with Crippen LogP contribution >= 0.6 is 15.9 Å². The third-order valence-corrected chi connectivity index (χ3v) is 3.32. The van der Waals surface area contributed by atoms with Gasteiger partial charge in [0.1, 0.15) is 0 Å². The number of nitrogen functional groups attached to an aromatic ring is 1. The van der Waals surface area contributed by atoms with E-state index in [1.165, 1.54) is 0 Å². The number of carbonyl (C=O) groups is 2. The molecule has 0 aliphatic heterocycles. The van der Waals surface area contributed by atoms with E-state index in [-0.39, 0.29) is 18.1 Å². The molecule has 0 aliphatic carbocycles. The van der Waals surface area contributed by atoms with Gasteiger partial charge in [-0.2, -0.15) is 0 Å². The molecule has 1 rings (SSSR count). The molecule has 6 nitrogen and oxygen atoms in total. The van der Waals surface area contributed by atoms with Crippen LogP contribution in [0.3, 0.4) is 0 Å². The van der Waals surface area contributed by atoms with E-state index in [9.17, 15) is 9.59 Å². The molecule has 0 bridgehead atoms. The van der Waals surface area contributed by atoms with Gasteiger partial charge in [0.2, 0.25) is 0 Å². The van der Waals surface area contributed by atoms with Crippen LogP contribution in [0.25, 0.3) is 0 Å². The summed E-state index contributed by atoms with van der Waals surface area (Å²) in [6.07, 6.45) is 0.705. The van der Waals surface area contributed by atoms with Gasteiger partial charge in [0, 0.05) is 25.9 Å². The van der Waals surface area contributed by atoms with Crippen LogP contribution in [0.1, 0.15) is 16.8 Å². The number of nitrogens with two attached hydrogens (primary N) is 1. The maximum absolute atomic E-state index is 11.8. The minimum Gasteiger partial charge on any atom is -0.452 e. The molecular weight excluding hydrogens is 328 g/mol. The molecule has 0 spiro atoms. The summed E-state index contributed by atoms with van der Waals surface area (Å²) in [5.74, 6) is -0.953. The van der Waals surface area contributed by atoms with E-state index in [0.29, 0.717) is 29.7 Å². The summed E-state index contributed by atoms with van der Waals surface area (Å²) in [5, 5.41) is 2.62. The fraction of sp³-hybridized carbons (Fsp3) is 0.385. The Hall–Kier alpha value is -1.60. The predicted octanol–water partition coefficient (Wildman–Crippen LogP) is 1.34. The van der Waals surface area contributed by atoms with E-state index in [0.717, 1.165) is 0 Å². The zero-order valence-electron chi connectivity index (χ0n) is 11.1. The maximum Gasteiger partial charge on any atom is 0.339 e. The van der Waals surface area contributed by atoms with E-state index >= 15 is 0 Å². The Morgan fingerprint density at radius 2 is 2.15 bits per heavy atom. The molecule has 20 heavy (non-hydrogen) atoms. The van der Waals surface area contributed by atoms with Crippen LogP contribution in [-0.4, -0.2) is 38.7 Å². The average Bonchev–Trinajstić information content (AvgIpc) is 2.44. The quantitative estimate of drug-likeness (QED) is 0.442. The zero-order chi connectivity index (χ0) is 15.0. The number of nitrogens with one attached hydrogen (secondary N) is 1. The molecule has 0 unspecified atom stereocenters. The normalized spacial score (nSPS) is 10.1. The lowest BCUT2D eigenvalue weighted by Gasteiger charge is -2.08. The number of anilines is 1. The molecule has 110 valence electrons. The number of amides is 1. The second kappa shape index (κ2) is 8.55. The monoisotopic (exact) mass is 344 g/mol. The number of carbonyl (C=O) groups excluding carboxylic acids is 2. The van der Waals surface area contributed by atoms with Crippen molar-refractivity contribution in [2.75, 3.05) is 32.6 Å². The first kappa shape index (κ1) is 16.5. The van der Waals surface area contributed by atoms with Crippen molar-refractivity contribution in [1.82, 2.24) is 5.32 Å². The molecule has 0 aromatic heterocycles. The highest BCUT2D eigenvalue weighted by molar-refractivity contribution is 9.10. The predicted molar refractivity (Wildman–Crippen MR) is 78.3 cm³/mol. The lowest BCUT2D eigenvalue weighted by atomic mass is 10.2. The highest BCUT2D eigenvalue weighted by atomic mass is 79.9. The summed E-state index contributed by atoms with van der Waals surface area (Å²) >= 11 is 3.21. The summed E-state index contributed by atoms with van der Waals surface area (Å²) in [5.41, 5.74) is 6.39. The second-order valence-corrected chi connectivity index (χ2v) is 4.77. The Balaban J connectivity index is 2.39. The minimum absolute atomic E-state index is 0.289. The largest absolute Gasteiger partial charge is 0.452 e. The molecule has 0 aliphatic rings. The summed E-state index contributed by atoms with van der Waals surface area (Å²) in [4.78, 5) is 23.2. The molecule has 0 atom stereocenters. The molecule has 0 saturated heterocycles. The summed E-state index contributed by atoms with van der Waals surface area (Å²) in [6.45, 7) is 0.718. The summed E-state index contributed by atoms with van der Waals surface area (Å²) in [6, 6.07) is 4.87. The first-order chi connectivity index (χ1) is 9.56. The SMILES string of the molecule is COCCCNC(=O)COC(=O)c1cccc(N)c1Br. The number of halogens is 1. The van der Waals surface area contributed by atoms with Gasteiger partial charge in [-0.3, -0.25) is 4.79 Å². The van der Waals surface area contributed by atoms with Crippen LogP contribution in [0.4, 0.5) is 5.69 Å². The van der Waals surface area contributed by atoms with E-state index in [2.05, 4.69) is 21.2 Å². The van der Waals surface area contributed by atoms with Crippen molar-refractivity contribution in [1.29, 1.82) is 0 Å². The second-order valence-electron chi connectivity index (χ2n) is 3.98. The highest BCUT2D eigenvalue weighted by Gasteiger charge is 2.14. The lowest BCUT2D eigenvalue weighted by molar-refractivity contribution is -0.124. The topological polar surface area (TPSA) is 90.6 Å². The van der Waals surface area contributed by atoms with Crippen LogP contribution in [0.2, 0.25) is 0 Å². The molecule has 1 aromatic rings. The van der Waals surface area contributed by atoms with Crippen LogP contribution in [-0.2, 0) is 14.3 Å². The van der Waals surface area contributed by atoms with Crippen molar-refractivity contribution in [2.24, 2.45) is 0 Å². The third kappa shape index (κ3) is 5.18. The molecular formula is C13H17BrN2O4. The molecule has 3 N–H and O–H groups in total. The number of benzene rings is 1. The smallest absolute Gasteiger partial charge is 0.339 e. The minimum atomic E-state index is -0.601. The third-order valence-electron chi connectivity index (χ3n) is 2.43. The summed E-state index contributed by atoms with van der Waals surface area (Å²) in [7, 11) is 1.59. The number of rotatable bonds is 7. The number of hydrogen-bond acceptors (Lipinski definition) is 5. The van der Waals surface area contributed by atoms with Crippen molar-refractivity contribution >= 4 is 33.5 Å². The van der Waals surface area contributed by atoms with E-state index < -0.39 is 5.97 Å². The highest BCUT2D eigenvalue weighted by Crippen LogP contribution is 2.24. The van der Waals surface area contributed by atoms with Crippen LogP contribution in [0, 0.1) is 0 Å². The zero-order valence-corrected chi connectivity index (χ0v) is 12.7. The van der Waals surface area contributed by atoms with Crippen LogP contribution < -0.4 is 11.1 Å². The first-order valence-electron chi connectivity index (χ1n) is 6.03. The van der Waals surface area contributed by atoms with Gasteiger partial charge >= 0.3 is 5.97 Å². The van der Waals surface area contributed by atoms with Crippen molar-refractivity contribution in [3.05, 3.63) is 28.2 Å². The fourth-order valence-corrected chi connectivity index (χ4v) is 1.84. The lowest BCUT2D eigenvalue weighted by Crippen LogP contribution is -2.30. The molecule has 0 heterocycles. The molecule has 1 aromatic carbocycles. The van der Waals surface area contributed by atoms with Crippen molar-refractivity contribution < 1.29 is 19.1 Å². The number of ether oxygens (including phenoxy) is 2. The standard InChI is InChI=1S/C13H17BrN2O4/c1-19-7-3-6-16-11(17)8-20-13(18)9-4-2-5-10(15)12(9)14/h2,4-5H,3,6-8,15H2,1H3,(H,16,17). The summed E-state index contributed by atoms with van der Waals surface area (Å²) < 4.78 is 10.2. The fourth-order valence-electron chi connectivity index (χ4n) is 1.41. The Bertz CT molecular complexity index is 479. The van der Waals surface area contributed by atoms with Crippen molar-refractivity contribution in [2.45, 2.75) is 6.42 Å². The van der Waals surface area contributed by atoms with E-state index in [4.69, 9.17) is 15.2 Å². The molecule has 0 radical (unpaired) electrons. The molecule has 1 amide bonds. The Kier molecular flexibility index (Phi) is 7.03. The van der Waals surface area contributed by atoms with Gasteiger partial charge < -0.3 is 20.5 Å². The van der Waals surface area contributed by atoms with Crippen LogP contribution in [0.5, 0.6) is 0 Å². The molecule has 7 heteroatoms. The Morgan fingerprint density at radius 1 is 1.40 bits per heavy atom. The first-order valence-corrected chi connectivity index (χ1v) is 6.82. The van der Waals surface area contributed by atoms with Crippen molar-refractivity contribution in [3.63, 3.8) is 0 Å². The number of methoxy groups -OCH3 is 1.